The van der Waals surface area contributed by atoms with E-state index in [-0.39, 0.29) is 5.91 Å². The third-order valence-electron chi connectivity index (χ3n) is 4.05. The van der Waals surface area contributed by atoms with E-state index in [0.29, 0.717) is 0 Å². The third kappa shape index (κ3) is 3.42. The summed E-state index contributed by atoms with van der Waals surface area (Å²) in [6, 6.07) is 5.76. The summed E-state index contributed by atoms with van der Waals surface area (Å²) in [6.45, 7) is 2.24. The lowest BCUT2D eigenvalue weighted by Gasteiger charge is -2.19. The molecule has 22 heavy (non-hydrogen) atoms. The molecular formula is C17H19N3OS. The Balaban J connectivity index is 1.64. The van der Waals surface area contributed by atoms with Crippen LogP contribution in [0.15, 0.2) is 35.7 Å². The van der Waals surface area contributed by atoms with Gasteiger partial charge in [0.1, 0.15) is 0 Å². The van der Waals surface area contributed by atoms with Crippen molar-refractivity contribution >= 4 is 23.5 Å². The molecular weight excluding hydrogens is 294 g/mol. The minimum Gasteiger partial charge on any atom is -0.266 e. The number of carbonyl (C=O) groups is 1. The van der Waals surface area contributed by atoms with Crippen LogP contribution < -0.4 is 5.43 Å². The number of aromatic nitrogens is 1. The van der Waals surface area contributed by atoms with Gasteiger partial charge >= 0.3 is 0 Å². The molecule has 1 N–H and O–H groups in total. The highest BCUT2D eigenvalue weighted by molar-refractivity contribution is 7.14. The first-order chi connectivity index (χ1) is 10.8. The molecule has 4 nitrogen and oxygen atoms in total. The Labute approximate surface area is 134 Å². The molecule has 2 aromatic heterocycles. The summed E-state index contributed by atoms with van der Waals surface area (Å²) in [7, 11) is 0. The lowest BCUT2D eigenvalue weighted by Crippen LogP contribution is -2.16. The fraction of sp³-hybridized carbons (Fsp3) is 0.353. The van der Waals surface area contributed by atoms with Crippen LogP contribution in [-0.2, 0) is 12.8 Å². The molecule has 2 heterocycles. The van der Waals surface area contributed by atoms with Crippen molar-refractivity contribution in [2.24, 2.45) is 11.0 Å². The Morgan fingerprint density at radius 1 is 1.59 bits per heavy atom. The first-order valence-electron chi connectivity index (χ1n) is 7.61. The van der Waals surface area contributed by atoms with Crippen molar-refractivity contribution in [2.45, 2.75) is 32.6 Å². The number of hydrogen-bond donors (Lipinski definition) is 1. The minimum atomic E-state index is -0.132. The summed E-state index contributed by atoms with van der Waals surface area (Å²) in [5, 5.41) is 4.00. The number of thiophene rings is 1. The maximum atomic E-state index is 12.2. The van der Waals surface area contributed by atoms with Crippen molar-refractivity contribution in [2.75, 3.05) is 0 Å². The van der Waals surface area contributed by atoms with E-state index in [4.69, 9.17) is 0 Å². The molecule has 2 aromatic rings. The molecule has 0 radical (unpaired) electrons. The average molecular weight is 313 g/mol. The summed E-state index contributed by atoms with van der Waals surface area (Å²) >= 11 is 1.60. The maximum Gasteiger partial charge on any atom is 0.281 e. The molecule has 0 saturated heterocycles. The van der Waals surface area contributed by atoms with Gasteiger partial charge < -0.3 is 0 Å². The lowest BCUT2D eigenvalue weighted by molar-refractivity contribution is 0.0959. The van der Waals surface area contributed by atoms with Gasteiger partial charge in [-0.3, -0.25) is 9.78 Å². The smallest absolute Gasteiger partial charge is 0.266 e. The number of hydrazone groups is 1. The molecule has 1 aliphatic carbocycles. The second kappa shape index (κ2) is 6.83. The number of nitrogens with one attached hydrogen (secondary N) is 1. The molecule has 0 aliphatic heterocycles. The van der Waals surface area contributed by atoms with E-state index in [1.54, 1.807) is 29.9 Å². The van der Waals surface area contributed by atoms with Gasteiger partial charge in [-0.05, 0) is 42.9 Å². The number of nitrogens with zero attached hydrogens (tertiary/aromatic N) is 2. The zero-order chi connectivity index (χ0) is 15.4. The number of fused-ring (bicyclic) bond motifs is 1. The van der Waals surface area contributed by atoms with E-state index in [1.807, 2.05) is 18.2 Å². The highest BCUT2D eigenvalue weighted by Crippen LogP contribution is 2.33. The second-order valence-corrected chi connectivity index (χ2v) is 6.70. The Morgan fingerprint density at radius 3 is 3.27 bits per heavy atom. The fourth-order valence-electron chi connectivity index (χ4n) is 2.73. The van der Waals surface area contributed by atoms with Gasteiger partial charge in [0.25, 0.3) is 5.91 Å². The van der Waals surface area contributed by atoms with Gasteiger partial charge in [-0.15, -0.1) is 11.3 Å². The van der Waals surface area contributed by atoms with Crippen molar-refractivity contribution in [1.82, 2.24) is 10.4 Å². The normalized spacial score (nSPS) is 17.4. The summed E-state index contributed by atoms with van der Waals surface area (Å²) in [4.78, 5) is 18.3. The molecule has 114 valence electrons. The highest BCUT2D eigenvalue weighted by Gasteiger charge is 2.21. The monoisotopic (exact) mass is 313 g/mol. The zero-order valence-electron chi connectivity index (χ0n) is 12.6. The lowest BCUT2D eigenvalue weighted by atomic mass is 9.87. The van der Waals surface area contributed by atoms with Gasteiger partial charge in [0.15, 0.2) is 0 Å². The Hall–Kier alpha value is -2.01. The van der Waals surface area contributed by atoms with Gasteiger partial charge in [0.05, 0.1) is 11.1 Å². The molecule has 0 aromatic carbocycles. The van der Waals surface area contributed by atoms with Crippen molar-refractivity contribution in [3.63, 3.8) is 0 Å². The van der Waals surface area contributed by atoms with E-state index in [9.17, 15) is 4.79 Å². The Bertz CT molecular complexity index is 678. The average Bonchev–Trinajstić information content (AvgIpc) is 2.99. The van der Waals surface area contributed by atoms with Crippen molar-refractivity contribution in [3.8, 4) is 0 Å². The van der Waals surface area contributed by atoms with Crippen LogP contribution in [0.4, 0.5) is 0 Å². The molecule has 0 fully saturated rings. The van der Waals surface area contributed by atoms with Crippen LogP contribution in [-0.4, -0.2) is 17.1 Å². The van der Waals surface area contributed by atoms with Gasteiger partial charge in [-0.2, -0.15) is 5.10 Å². The SMILES string of the molecule is CCC1CCc2sc(C(=O)N/N=C/c3cccnc3)cc2C1. The largest absolute Gasteiger partial charge is 0.281 e. The second-order valence-electron chi connectivity index (χ2n) is 5.56. The van der Waals surface area contributed by atoms with Crippen LogP contribution >= 0.6 is 11.3 Å². The number of amides is 1. The van der Waals surface area contributed by atoms with Crippen LogP contribution in [0.25, 0.3) is 0 Å². The van der Waals surface area contributed by atoms with E-state index < -0.39 is 0 Å². The van der Waals surface area contributed by atoms with Gasteiger partial charge in [-0.1, -0.05) is 19.4 Å². The van der Waals surface area contributed by atoms with Crippen LogP contribution in [0.3, 0.4) is 0 Å². The van der Waals surface area contributed by atoms with E-state index in [0.717, 1.165) is 29.2 Å². The molecule has 1 aliphatic rings. The zero-order valence-corrected chi connectivity index (χ0v) is 13.4. The minimum absolute atomic E-state index is 0.132. The summed E-state index contributed by atoms with van der Waals surface area (Å²) in [6.07, 6.45) is 9.67. The number of pyridine rings is 1. The Kier molecular flexibility index (Phi) is 4.63. The molecule has 1 atom stereocenters. The number of rotatable bonds is 4. The van der Waals surface area contributed by atoms with Crippen molar-refractivity contribution in [1.29, 1.82) is 0 Å². The summed E-state index contributed by atoms with van der Waals surface area (Å²) in [5.41, 5.74) is 4.81. The summed E-state index contributed by atoms with van der Waals surface area (Å²) in [5.74, 6) is 0.634. The van der Waals surface area contributed by atoms with Crippen LogP contribution in [0.5, 0.6) is 0 Å². The number of aryl methyl sites for hydroxylation is 1. The molecule has 3 rings (SSSR count). The first kappa shape index (κ1) is 14.9. The highest BCUT2D eigenvalue weighted by atomic mass is 32.1. The molecule has 0 bridgehead atoms. The fourth-order valence-corrected chi connectivity index (χ4v) is 3.83. The van der Waals surface area contributed by atoms with Crippen LogP contribution in [0, 0.1) is 5.92 Å². The van der Waals surface area contributed by atoms with Gasteiger partial charge in [0, 0.05) is 22.8 Å². The van der Waals surface area contributed by atoms with E-state index in [2.05, 4.69) is 22.4 Å². The third-order valence-corrected chi connectivity index (χ3v) is 5.29. The molecule has 1 unspecified atom stereocenters. The van der Waals surface area contributed by atoms with Crippen LogP contribution in [0.1, 0.15) is 45.4 Å². The van der Waals surface area contributed by atoms with Crippen molar-refractivity contribution < 1.29 is 4.79 Å². The van der Waals surface area contributed by atoms with E-state index >= 15 is 0 Å². The summed E-state index contributed by atoms with van der Waals surface area (Å²) < 4.78 is 0. The molecule has 0 spiro atoms. The van der Waals surface area contributed by atoms with Gasteiger partial charge in [-0.25, -0.2) is 5.43 Å². The topological polar surface area (TPSA) is 54.4 Å². The number of carbonyl (C=O) groups excluding carboxylic acids is 1. The maximum absolute atomic E-state index is 12.2. The predicted molar refractivity (Wildman–Crippen MR) is 89.4 cm³/mol. The molecule has 1 amide bonds. The standard InChI is InChI=1S/C17H19N3OS/c1-2-12-5-6-15-14(8-12)9-16(22-15)17(21)20-19-11-13-4-3-7-18-10-13/h3-4,7,9-12H,2,5-6,8H2,1H3,(H,20,21)/b19-11+. The first-order valence-corrected chi connectivity index (χ1v) is 8.43. The van der Waals surface area contributed by atoms with Crippen molar-refractivity contribution in [3.05, 3.63) is 51.5 Å². The molecule has 0 saturated carbocycles. The van der Waals surface area contributed by atoms with Gasteiger partial charge in [0.2, 0.25) is 0 Å². The predicted octanol–water partition coefficient (Wildman–Crippen LogP) is 3.42. The van der Waals surface area contributed by atoms with Crippen LogP contribution in [0.2, 0.25) is 0 Å². The van der Waals surface area contributed by atoms with E-state index in [1.165, 1.54) is 23.3 Å². The Morgan fingerprint density at radius 2 is 2.50 bits per heavy atom. The molecule has 5 heteroatoms. The number of hydrogen-bond acceptors (Lipinski definition) is 4. The quantitative estimate of drug-likeness (QED) is 0.694.